The molecule has 10 nitrogen and oxygen atoms in total. The Balaban J connectivity index is 1.47. The molecule has 0 radical (unpaired) electrons. The molecule has 5 rings (SSSR count). The van der Waals surface area contributed by atoms with Gasteiger partial charge in [-0.1, -0.05) is 17.7 Å². The van der Waals surface area contributed by atoms with E-state index in [1.807, 2.05) is 24.3 Å². The zero-order valence-electron chi connectivity index (χ0n) is 17.8. The molecule has 0 amide bonds. The van der Waals surface area contributed by atoms with Crippen molar-refractivity contribution >= 4 is 45.4 Å². The molecule has 32 heavy (non-hydrogen) atoms. The lowest BCUT2D eigenvalue weighted by Crippen LogP contribution is -2.47. The second-order valence-corrected chi connectivity index (χ2v) is 8.66. The number of nitrogens with zero attached hydrogens (tertiary/aromatic N) is 7. The van der Waals surface area contributed by atoms with Gasteiger partial charge < -0.3 is 19.6 Å². The summed E-state index contributed by atoms with van der Waals surface area (Å²) in [5.74, 6) is 0. The van der Waals surface area contributed by atoms with E-state index in [1.54, 1.807) is 0 Å². The highest BCUT2D eigenvalue weighted by molar-refractivity contribution is 6.30. The average Bonchev–Trinajstić information content (AvgIpc) is 3.28. The Morgan fingerprint density at radius 1 is 0.906 bits per heavy atom. The Hall–Kier alpha value is -3.11. The minimum atomic E-state index is -0.374. The molecule has 2 aliphatic rings. The predicted molar refractivity (Wildman–Crippen MR) is 124 cm³/mol. The van der Waals surface area contributed by atoms with Gasteiger partial charge in [-0.05, 0) is 41.6 Å². The lowest BCUT2D eigenvalue weighted by atomic mass is 10.1. The maximum Gasteiger partial charge on any atom is 0.323 e. The lowest BCUT2D eigenvalue weighted by molar-refractivity contribution is -0.382. The topological polar surface area (TPSA) is 95.0 Å². The third-order valence-electron chi connectivity index (χ3n) is 6.29. The molecule has 2 aliphatic heterocycles. The molecule has 1 aromatic heterocycles. The summed E-state index contributed by atoms with van der Waals surface area (Å²) in [5, 5.41) is 20.7. The van der Waals surface area contributed by atoms with Crippen molar-refractivity contribution in [3.63, 3.8) is 0 Å². The highest BCUT2D eigenvalue weighted by Gasteiger charge is 2.32. The number of fused-ring (bicyclic) bond motifs is 1. The summed E-state index contributed by atoms with van der Waals surface area (Å²) in [6, 6.07) is 9.73. The number of likely N-dealkylation sites (N-methyl/N-ethyl adjacent to an activating group) is 1. The van der Waals surface area contributed by atoms with Gasteiger partial charge >= 0.3 is 5.69 Å². The number of hydrogen-bond acceptors (Lipinski definition) is 9. The van der Waals surface area contributed by atoms with Crippen LogP contribution in [0.15, 0.2) is 35.0 Å². The van der Waals surface area contributed by atoms with Gasteiger partial charge in [0.1, 0.15) is 5.69 Å². The lowest BCUT2D eigenvalue weighted by Gasteiger charge is -2.38. The summed E-state index contributed by atoms with van der Waals surface area (Å²) in [7, 11) is 2.06. The number of aromatic nitrogens is 2. The molecule has 2 saturated heterocycles. The van der Waals surface area contributed by atoms with E-state index < -0.39 is 0 Å². The van der Waals surface area contributed by atoms with E-state index in [0.717, 1.165) is 63.7 Å². The second-order valence-electron chi connectivity index (χ2n) is 8.23. The van der Waals surface area contributed by atoms with Crippen molar-refractivity contribution in [3.05, 3.63) is 45.5 Å². The van der Waals surface area contributed by atoms with Crippen molar-refractivity contribution in [1.29, 1.82) is 0 Å². The van der Waals surface area contributed by atoms with Crippen LogP contribution >= 0.6 is 11.6 Å². The molecule has 0 aliphatic carbocycles. The minimum absolute atomic E-state index is 0.0351. The molecule has 11 heteroatoms. The van der Waals surface area contributed by atoms with Crippen molar-refractivity contribution in [2.24, 2.45) is 0 Å². The Labute approximate surface area is 190 Å². The van der Waals surface area contributed by atoms with Crippen LogP contribution in [-0.4, -0.2) is 79.5 Å². The summed E-state index contributed by atoms with van der Waals surface area (Å²) in [6.07, 6.45) is 0. The monoisotopic (exact) mass is 457 g/mol. The first-order chi connectivity index (χ1) is 15.5. The number of rotatable bonds is 4. The zero-order valence-corrected chi connectivity index (χ0v) is 18.5. The van der Waals surface area contributed by atoms with E-state index in [4.69, 9.17) is 16.2 Å². The molecule has 3 heterocycles. The van der Waals surface area contributed by atoms with Crippen LogP contribution in [0.3, 0.4) is 0 Å². The molecule has 0 atom stereocenters. The van der Waals surface area contributed by atoms with Crippen LogP contribution in [-0.2, 0) is 0 Å². The van der Waals surface area contributed by atoms with E-state index in [-0.39, 0.29) is 16.1 Å². The molecule has 168 valence electrons. The second kappa shape index (κ2) is 8.44. The normalized spacial score (nSPS) is 17.9. The highest BCUT2D eigenvalue weighted by atomic mass is 35.5. The van der Waals surface area contributed by atoms with Gasteiger partial charge in [0.25, 0.3) is 0 Å². The smallest absolute Gasteiger partial charge is 0.323 e. The molecule has 0 spiro atoms. The van der Waals surface area contributed by atoms with Gasteiger partial charge in [-0.15, -0.1) is 0 Å². The zero-order chi connectivity index (χ0) is 22.2. The van der Waals surface area contributed by atoms with E-state index in [0.29, 0.717) is 16.2 Å². The number of nitro benzene ring substituents is 1. The molecule has 0 bridgehead atoms. The maximum atomic E-state index is 12.0. The summed E-state index contributed by atoms with van der Waals surface area (Å²) < 4.78 is 4.97. The van der Waals surface area contributed by atoms with Crippen LogP contribution in [0.25, 0.3) is 11.0 Å². The third kappa shape index (κ3) is 3.80. The summed E-state index contributed by atoms with van der Waals surface area (Å²) in [4.78, 5) is 20.4. The van der Waals surface area contributed by atoms with Crippen molar-refractivity contribution in [1.82, 2.24) is 15.2 Å². The fourth-order valence-electron chi connectivity index (χ4n) is 4.49. The summed E-state index contributed by atoms with van der Waals surface area (Å²) in [5.41, 5.74) is 3.11. The summed E-state index contributed by atoms with van der Waals surface area (Å²) >= 11 is 6.16. The van der Waals surface area contributed by atoms with Crippen molar-refractivity contribution < 1.29 is 9.55 Å². The van der Waals surface area contributed by atoms with Crippen molar-refractivity contribution in [2.75, 3.05) is 74.1 Å². The summed E-state index contributed by atoms with van der Waals surface area (Å²) in [6.45, 7) is 6.22. The maximum absolute atomic E-state index is 12.0. The number of piperazine rings is 2. The Morgan fingerprint density at radius 3 is 2.22 bits per heavy atom. The standard InChI is InChI=1S/C21H24ClN7O3/c1-25-5-7-28(8-6-25)18-14-17(19-20(24-32-23-19)21(18)29(30)31)27-11-9-26(10-12-27)16-4-2-3-15(22)13-16/h2-4,13-14H,5-12H2,1H3. The third-order valence-corrected chi connectivity index (χ3v) is 6.53. The first kappa shape index (κ1) is 20.8. The number of hydrogen-bond donors (Lipinski definition) is 0. The minimum Gasteiger partial charge on any atom is -0.368 e. The SMILES string of the molecule is CN1CCN(c2cc(N3CCN(c4cccc(Cl)c4)CC3)c3nonc3c2[N+](=O)[O-])CC1. The number of halogens is 1. The fourth-order valence-corrected chi connectivity index (χ4v) is 4.67. The van der Waals surface area contributed by atoms with E-state index in [9.17, 15) is 10.1 Å². The molecule has 0 unspecified atom stereocenters. The molecule has 0 saturated carbocycles. The van der Waals surface area contributed by atoms with Gasteiger partial charge in [0.05, 0.1) is 10.6 Å². The van der Waals surface area contributed by atoms with Crippen LogP contribution in [0.4, 0.5) is 22.7 Å². The van der Waals surface area contributed by atoms with Crippen molar-refractivity contribution in [3.8, 4) is 0 Å². The number of anilines is 3. The van der Waals surface area contributed by atoms with Crippen LogP contribution in [0.5, 0.6) is 0 Å². The Bertz CT molecular complexity index is 1140. The van der Waals surface area contributed by atoms with E-state index >= 15 is 0 Å². The number of nitro groups is 1. The molecule has 3 aromatic rings. The predicted octanol–water partition coefficient (Wildman–Crippen LogP) is 2.86. The van der Waals surface area contributed by atoms with Gasteiger partial charge in [0.15, 0.2) is 5.52 Å². The van der Waals surface area contributed by atoms with Gasteiger partial charge in [-0.3, -0.25) is 10.1 Å². The van der Waals surface area contributed by atoms with Gasteiger partial charge in [-0.25, -0.2) is 4.63 Å². The molecular weight excluding hydrogens is 434 g/mol. The van der Waals surface area contributed by atoms with Crippen molar-refractivity contribution in [2.45, 2.75) is 0 Å². The van der Waals surface area contributed by atoms with Crippen LogP contribution in [0.2, 0.25) is 5.02 Å². The highest BCUT2D eigenvalue weighted by Crippen LogP contribution is 2.41. The van der Waals surface area contributed by atoms with Crippen LogP contribution in [0.1, 0.15) is 0 Å². The molecular formula is C21H24ClN7O3. The number of benzene rings is 2. The van der Waals surface area contributed by atoms with Crippen LogP contribution in [0, 0.1) is 10.1 Å². The Morgan fingerprint density at radius 2 is 1.53 bits per heavy atom. The molecule has 0 N–H and O–H groups in total. The van der Waals surface area contributed by atoms with E-state index in [2.05, 4.69) is 43.0 Å². The van der Waals surface area contributed by atoms with Gasteiger partial charge in [0, 0.05) is 63.1 Å². The quantitative estimate of drug-likeness (QED) is 0.432. The average molecular weight is 458 g/mol. The molecule has 2 fully saturated rings. The first-order valence-corrected chi connectivity index (χ1v) is 11.0. The fraction of sp³-hybridized carbons (Fsp3) is 0.429. The van der Waals surface area contributed by atoms with Gasteiger partial charge in [0.2, 0.25) is 5.52 Å². The first-order valence-electron chi connectivity index (χ1n) is 10.6. The molecule has 2 aromatic carbocycles. The largest absolute Gasteiger partial charge is 0.368 e. The van der Waals surface area contributed by atoms with Gasteiger partial charge in [-0.2, -0.15) is 0 Å². The van der Waals surface area contributed by atoms with E-state index in [1.165, 1.54) is 0 Å². The van der Waals surface area contributed by atoms with Crippen LogP contribution < -0.4 is 14.7 Å². The Kier molecular flexibility index (Phi) is 5.48.